The zero-order valence-electron chi connectivity index (χ0n) is 17.1. The van der Waals surface area contributed by atoms with Gasteiger partial charge < -0.3 is 10.2 Å². The molecule has 1 fully saturated rings. The highest BCUT2D eigenvalue weighted by atomic mass is 32.2. The van der Waals surface area contributed by atoms with Crippen LogP contribution < -0.4 is 10.2 Å². The van der Waals surface area contributed by atoms with Crippen molar-refractivity contribution < 1.29 is 14.0 Å². The molecule has 0 bridgehead atoms. The van der Waals surface area contributed by atoms with Gasteiger partial charge in [0, 0.05) is 10.9 Å². The van der Waals surface area contributed by atoms with E-state index < -0.39 is 11.2 Å². The van der Waals surface area contributed by atoms with E-state index in [0.717, 1.165) is 41.8 Å². The Morgan fingerprint density at radius 3 is 2.57 bits per heavy atom. The Morgan fingerprint density at radius 2 is 1.83 bits per heavy atom. The molecule has 2 aromatic carbocycles. The van der Waals surface area contributed by atoms with Gasteiger partial charge in [-0.1, -0.05) is 50.5 Å². The summed E-state index contributed by atoms with van der Waals surface area (Å²) >= 11 is 1.47. The molecule has 2 atom stereocenters. The minimum Gasteiger partial charge on any atom is -0.353 e. The summed E-state index contributed by atoms with van der Waals surface area (Å²) in [6.45, 7) is 2.20. The molecule has 1 aliphatic carbocycles. The van der Waals surface area contributed by atoms with E-state index in [0.29, 0.717) is 6.54 Å². The summed E-state index contributed by atoms with van der Waals surface area (Å²) in [5.74, 6) is -0.859. The van der Waals surface area contributed by atoms with Crippen molar-refractivity contribution in [2.24, 2.45) is 5.92 Å². The second-order valence-corrected chi connectivity index (χ2v) is 9.37. The maximum absolute atomic E-state index is 13.4. The number of para-hydroxylation sites is 1. The number of carbonyl (C=O) groups excluding carboxylic acids is 2. The van der Waals surface area contributed by atoms with Gasteiger partial charge in [-0.15, -0.1) is 11.8 Å². The van der Waals surface area contributed by atoms with Gasteiger partial charge in [-0.05, 0) is 42.7 Å². The Labute approximate surface area is 181 Å². The first-order valence-corrected chi connectivity index (χ1v) is 11.5. The normalized spacial score (nSPS) is 20.5. The molecule has 1 N–H and O–H groups in total. The fraction of sp³-hybridized carbons (Fsp3) is 0.417. The molecule has 0 spiro atoms. The Bertz CT molecular complexity index is 912. The largest absolute Gasteiger partial charge is 0.353 e. The molecule has 1 aliphatic heterocycles. The van der Waals surface area contributed by atoms with Crippen LogP contribution in [0, 0.1) is 11.7 Å². The molecule has 0 radical (unpaired) electrons. The van der Waals surface area contributed by atoms with Gasteiger partial charge in [0.25, 0.3) is 0 Å². The average molecular weight is 427 g/mol. The monoisotopic (exact) mass is 426 g/mol. The van der Waals surface area contributed by atoms with Crippen LogP contribution in [0.4, 0.5) is 10.1 Å². The molecule has 4 rings (SSSR count). The number of amides is 2. The second kappa shape index (κ2) is 9.21. The van der Waals surface area contributed by atoms with Crippen molar-refractivity contribution in [3.8, 4) is 0 Å². The molecule has 0 aromatic heterocycles. The zero-order chi connectivity index (χ0) is 21.1. The molecule has 158 valence electrons. The number of rotatable bonds is 5. The van der Waals surface area contributed by atoms with Gasteiger partial charge >= 0.3 is 0 Å². The molecule has 2 unspecified atom stereocenters. The van der Waals surface area contributed by atoms with Crippen LogP contribution in [-0.4, -0.2) is 23.1 Å². The van der Waals surface area contributed by atoms with Crippen LogP contribution in [-0.2, 0) is 16.1 Å². The SMILES string of the molecule is CC(C(=O)NC1CCCCC1)C1Sc2ccccc2N(Cc2ccc(F)cc2)C1=O. The number of nitrogens with one attached hydrogen (secondary N) is 1. The van der Waals surface area contributed by atoms with E-state index in [9.17, 15) is 14.0 Å². The lowest BCUT2D eigenvalue weighted by Crippen LogP contribution is -2.49. The zero-order valence-corrected chi connectivity index (χ0v) is 18.0. The Kier molecular flexibility index (Phi) is 6.42. The molecule has 1 heterocycles. The summed E-state index contributed by atoms with van der Waals surface area (Å²) in [5, 5.41) is 2.68. The van der Waals surface area contributed by atoms with Crippen LogP contribution in [0.5, 0.6) is 0 Å². The molecule has 2 aliphatic rings. The highest BCUT2D eigenvalue weighted by molar-refractivity contribution is 8.01. The topological polar surface area (TPSA) is 49.4 Å². The first kappa shape index (κ1) is 20.9. The van der Waals surface area contributed by atoms with Gasteiger partial charge in [0.15, 0.2) is 0 Å². The third kappa shape index (κ3) is 4.53. The molecule has 6 heteroatoms. The predicted octanol–water partition coefficient (Wildman–Crippen LogP) is 4.92. The van der Waals surface area contributed by atoms with Crippen LogP contribution in [0.2, 0.25) is 0 Å². The molecule has 2 aromatic rings. The number of nitrogens with zero attached hydrogens (tertiary/aromatic N) is 1. The van der Waals surface area contributed by atoms with Crippen molar-refractivity contribution >= 4 is 29.3 Å². The fourth-order valence-electron chi connectivity index (χ4n) is 4.21. The second-order valence-electron chi connectivity index (χ2n) is 8.19. The summed E-state index contributed by atoms with van der Waals surface area (Å²) in [7, 11) is 0. The van der Waals surface area contributed by atoms with Crippen molar-refractivity contribution in [1.82, 2.24) is 5.32 Å². The van der Waals surface area contributed by atoms with Crippen LogP contribution >= 0.6 is 11.8 Å². The standard InChI is InChI=1S/C24H27FN2O2S/c1-16(23(28)26-19-7-3-2-4-8-19)22-24(29)27(15-17-11-13-18(25)14-12-17)20-9-5-6-10-21(20)30-22/h5-6,9-14,16,19,22H,2-4,7-8,15H2,1H3,(H,26,28). The Hall–Kier alpha value is -2.34. The lowest BCUT2D eigenvalue weighted by molar-refractivity contribution is -0.129. The van der Waals surface area contributed by atoms with Crippen LogP contribution in [0.25, 0.3) is 0 Å². The lowest BCUT2D eigenvalue weighted by Gasteiger charge is -2.36. The predicted molar refractivity (Wildman–Crippen MR) is 118 cm³/mol. The molecule has 2 amide bonds. The van der Waals surface area contributed by atoms with E-state index in [1.54, 1.807) is 17.0 Å². The number of thioether (sulfide) groups is 1. The Morgan fingerprint density at radius 1 is 1.13 bits per heavy atom. The van der Waals surface area contributed by atoms with Crippen molar-refractivity contribution in [1.29, 1.82) is 0 Å². The van der Waals surface area contributed by atoms with Crippen LogP contribution in [0.15, 0.2) is 53.4 Å². The number of hydrogen-bond donors (Lipinski definition) is 1. The average Bonchev–Trinajstić information content (AvgIpc) is 2.77. The van der Waals surface area contributed by atoms with E-state index in [2.05, 4.69) is 5.32 Å². The number of benzene rings is 2. The highest BCUT2D eigenvalue weighted by Crippen LogP contribution is 2.42. The molecule has 30 heavy (non-hydrogen) atoms. The minimum absolute atomic E-state index is 0.0473. The van der Waals surface area contributed by atoms with Crippen molar-refractivity contribution in [3.05, 3.63) is 59.9 Å². The third-order valence-electron chi connectivity index (χ3n) is 5.99. The van der Waals surface area contributed by atoms with Gasteiger partial charge in [-0.3, -0.25) is 9.59 Å². The number of halogens is 1. The smallest absolute Gasteiger partial charge is 0.241 e. The van der Waals surface area contributed by atoms with Crippen molar-refractivity contribution in [2.45, 2.75) is 61.8 Å². The maximum Gasteiger partial charge on any atom is 0.241 e. The molecule has 0 saturated heterocycles. The lowest BCUT2D eigenvalue weighted by atomic mass is 9.94. The molecule has 1 saturated carbocycles. The van der Waals surface area contributed by atoms with Crippen LogP contribution in [0.1, 0.15) is 44.6 Å². The van der Waals surface area contributed by atoms with Gasteiger partial charge in [-0.2, -0.15) is 0 Å². The van der Waals surface area contributed by atoms with Gasteiger partial charge in [-0.25, -0.2) is 4.39 Å². The van der Waals surface area contributed by atoms with Crippen molar-refractivity contribution in [3.63, 3.8) is 0 Å². The number of carbonyl (C=O) groups is 2. The van der Waals surface area contributed by atoms with E-state index in [4.69, 9.17) is 0 Å². The van der Waals surface area contributed by atoms with E-state index in [1.807, 2.05) is 31.2 Å². The molecular formula is C24H27FN2O2S. The maximum atomic E-state index is 13.4. The first-order chi connectivity index (χ1) is 14.5. The minimum atomic E-state index is -0.482. The van der Waals surface area contributed by atoms with E-state index in [-0.39, 0.29) is 23.7 Å². The number of anilines is 1. The van der Waals surface area contributed by atoms with E-state index >= 15 is 0 Å². The third-order valence-corrected chi connectivity index (χ3v) is 7.46. The van der Waals surface area contributed by atoms with Crippen molar-refractivity contribution in [2.75, 3.05) is 4.90 Å². The summed E-state index contributed by atoms with van der Waals surface area (Å²) in [4.78, 5) is 29.1. The number of fused-ring (bicyclic) bond motifs is 1. The first-order valence-electron chi connectivity index (χ1n) is 10.6. The van der Waals surface area contributed by atoms with Gasteiger partial charge in [0.1, 0.15) is 11.1 Å². The highest BCUT2D eigenvalue weighted by Gasteiger charge is 2.39. The van der Waals surface area contributed by atoms with E-state index in [1.165, 1.54) is 30.3 Å². The van der Waals surface area contributed by atoms with Crippen LogP contribution in [0.3, 0.4) is 0 Å². The summed E-state index contributed by atoms with van der Waals surface area (Å²) in [5.41, 5.74) is 1.69. The molecule has 4 nitrogen and oxygen atoms in total. The summed E-state index contributed by atoms with van der Waals surface area (Å²) in [6, 6.07) is 14.2. The molecular weight excluding hydrogens is 399 g/mol. The summed E-state index contributed by atoms with van der Waals surface area (Å²) < 4.78 is 13.3. The van der Waals surface area contributed by atoms with Gasteiger partial charge in [0.05, 0.1) is 18.2 Å². The fourth-order valence-corrected chi connectivity index (χ4v) is 5.49. The Balaban J connectivity index is 1.54. The quantitative estimate of drug-likeness (QED) is 0.738. The number of hydrogen-bond acceptors (Lipinski definition) is 3. The van der Waals surface area contributed by atoms with Gasteiger partial charge in [0.2, 0.25) is 11.8 Å². The summed E-state index contributed by atoms with van der Waals surface area (Å²) in [6.07, 6.45) is 5.56.